The number of nitrogens with zero attached hydrogens (tertiary/aromatic N) is 2. The van der Waals surface area contributed by atoms with Gasteiger partial charge >= 0.3 is 0 Å². The van der Waals surface area contributed by atoms with Crippen LogP contribution in [0.1, 0.15) is 27.0 Å². The normalized spacial score (nSPS) is 16.9. The van der Waals surface area contributed by atoms with Crippen LogP contribution < -0.4 is 9.47 Å². The summed E-state index contributed by atoms with van der Waals surface area (Å²) in [7, 11) is 0. The highest BCUT2D eigenvalue weighted by Gasteiger charge is 2.33. The number of hydrogen-bond acceptors (Lipinski definition) is 5. The topological polar surface area (TPSA) is 51.7 Å². The third-order valence-electron chi connectivity index (χ3n) is 5.04. The Balaban J connectivity index is 1.44. The van der Waals surface area contributed by atoms with E-state index in [1.807, 2.05) is 42.5 Å². The molecule has 2 aromatic carbocycles. The molecular formula is C23H17ClN2O3. The van der Waals surface area contributed by atoms with Crippen molar-refractivity contribution in [2.24, 2.45) is 0 Å². The van der Waals surface area contributed by atoms with E-state index in [0.29, 0.717) is 36.9 Å². The zero-order valence-corrected chi connectivity index (χ0v) is 16.2. The summed E-state index contributed by atoms with van der Waals surface area (Å²) in [5.41, 5.74) is 3.34. The third-order valence-corrected chi connectivity index (χ3v) is 5.41. The number of pyridine rings is 1. The van der Waals surface area contributed by atoms with Gasteiger partial charge in [0.1, 0.15) is 18.2 Å². The molecule has 0 saturated carbocycles. The molecule has 3 aromatic rings. The minimum atomic E-state index is -0.122. The third kappa shape index (κ3) is 3.39. The lowest BCUT2D eigenvalue weighted by molar-refractivity contribution is 0.0873. The van der Waals surface area contributed by atoms with Crippen LogP contribution in [0.4, 0.5) is 0 Å². The second-order valence-electron chi connectivity index (χ2n) is 6.99. The zero-order chi connectivity index (χ0) is 19.8. The van der Waals surface area contributed by atoms with E-state index in [9.17, 15) is 4.79 Å². The largest absolute Gasteiger partial charge is 0.478 e. The van der Waals surface area contributed by atoms with Crippen molar-refractivity contribution in [2.45, 2.75) is 13.1 Å². The number of halogens is 1. The van der Waals surface area contributed by atoms with Gasteiger partial charge in [0.2, 0.25) is 5.78 Å². The summed E-state index contributed by atoms with van der Waals surface area (Å²) in [4.78, 5) is 18.9. The highest BCUT2D eigenvalue weighted by Crippen LogP contribution is 2.42. The van der Waals surface area contributed by atoms with Crippen molar-refractivity contribution >= 4 is 23.5 Å². The Bertz CT molecular complexity index is 1130. The average Bonchev–Trinajstić information content (AvgIpc) is 3.06. The minimum absolute atomic E-state index is 0.122. The van der Waals surface area contributed by atoms with E-state index in [1.165, 1.54) is 0 Å². The van der Waals surface area contributed by atoms with Crippen LogP contribution in [-0.4, -0.2) is 22.4 Å². The standard InChI is InChI=1S/C23H17ClN2O3/c24-19-4-2-1-3-16(19)12-26-13-18-20(28-14-26)6-5-17-22(27)21(29-23(17)18)11-15-7-9-25-10-8-15/h1-11H,12-14H2. The van der Waals surface area contributed by atoms with Gasteiger partial charge in [0.25, 0.3) is 0 Å². The van der Waals surface area contributed by atoms with Crippen molar-refractivity contribution in [1.29, 1.82) is 0 Å². The Morgan fingerprint density at radius 2 is 1.93 bits per heavy atom. The fourth-order valence-corrected chi connectivity index (χ4v) is 3.78. The molecule has 0 saturated heterocycles. The summed E-state index contributed by atoms with van der Waals surface area (Å²) in [6.07, 6.45) is 5.10. The van der Waals surface area contributed by atoms with Gasteiger partial charge in [-0.15, -0.1) is 0 Å². The van der Waals surface area contributed by atoms with Gasteiger partial charge in [0.15, 0.2) is 5.76 Å². The number of rotatable bonds is 3. The van der Waals surface area contributed by atoms with Gasteiger partial charge in [-0.1, -0.05) is 29.8 Å². The number of Topliss-reactive ketones (excluding diaryl/α,β-unsaturated/α-hetero) is 1. The van der Waals surface area contributed by atoms with Crippen LogP contribution in [0, 0.1) is 0 Å². The SMILES string of the molecule is O=C1C(=Cc2ccncc2)Oc2c1ccc1c2CN(Cc2ccccc2Cl)CO1. The Hall–Kier alpha value is -3.15. The number of aromatic nitrogens is 1. The summed E-state index contributed by atoms with van der Waals surface area (Å²) >= 11 is 6.30. The number of ether oxygens (including phenoxy) is 2. The number of carbonyl (C=O) groups is 1. The van der Waals surface area contributed by atoms with E-state index in [0.717, 1.165) is 27.5 Å². The maximum absolute atomic E-state index is 12.8. The molecule has 0 spiro atoms. The molecule has 3 heterocycles. The molecule has 0 unspecified atom stereocenters. The van der Waals surface area contributed by atoms with Crippen LogP contribution >= 0.6 is 11.6 Å². The molecule has 0 amide bonds. The zero-order valence-electron chi connectivity index (χ0n) is 15.5. The van der Waals surface area contributed by atoms with Crippen LogP contribution in [-0.2, 0) is 13.1 Å². The first-order valence-electron chi connectivity index (χ1n) is 9.28. The fraction of sp³-hybridized carbons (Fsp3) is 0.130. The molecule has 1 aromatic heterocycles. The molecule has 0 radical (unpaired) electrons. The molecule has 0 aliphatic carbocycles. The molecule has 5 rings (SSSR count). The predicted molar refractivity (Wildman–Crippen MR) is 110 cm³/mol. The number of benzene rings is 2. The first-order valence-corrected chi connectivity index (χ1v) is 9.65. The first kappa shape index (κ1) is 17.9. The number of hydrogen-bond donors (Lipinski definition) is 0. The molecule has 0 fully saturated rings. The lowest BCUT2D eigenvalue weighted by Crippen LogP contribution is -2.31. The van der Waals surface area contributed by atoms with Gasteiger partial charge in [-0.3, -0.25) is 14.7 Å². The van der Waals surface area contributed by atoms with Gasteiger partial charge < -0.3 is 9.47 Å². The molecular weight excluding hydrogens is 388 g/mol. The molecule has 5 nitrogen and oxygen atoms in total. The van der Waals surface area contributed by atoms with E-state index in [1.54, 1.807) is 24.5 Å². The molecule has 6 heteroatoms. The van der Waals surface area contributed by atoms with Crippen LogP contribution in [0.5, 0.6) is 11.5 Å². The second-order valence-corrected chi connectivity index (χ2v) is 7.40. The fourth-order valence-electron chi connectivity index (χ4n) is 3.58. The van der Waals surface area contributed by atoms with E-state index in [2.05, 4.69) is 9.88 Å². The number of allylic oxidation sites excluding steroid dienone is 1. The second kappa shape index (κ2) is 7.35. The quantitative estimate of drug-likeness (QED) is 0.592. The maximum Gasteiger partial charge on any atom is 0.231 e. The Kier molecular flexibility index (Phi) is 4.54. The number of fused-ring (bicyclic) bond motifs is 3. The predicted octanol–water partition coefficient (Wildman–Crippen LogP) is 4.70. The van der Waals surface area contributed by atoms with E-state index >= 15 is 0 Å². The summed E-state index contributed by atoms with van der Waals surface area (Å²) in [6.45, 7) is 1.71. The summed E-state index contributed by atoms with van der Waals surface area (Å²) in [6, 6.07) is 15.0. The van der Waals surface area contributed by atoms with Crippen LogP contribution in [0.3, 0.4) is 0 Å². The lowest BCUT2D eigenvalue weighted by Gasteiger charge is -2.30. The van der Waals surface area contributed by atoms with Crippen molar-refractivity contribution in [3.05, 3.63) is 94.0 Å². The highest BCUT2D eigenvalue weighted by atomic mass is 35.5. The maximum atomic E-state index is 12.8. The Labute approximate surface area is 173 Å². The van der Waals surface area contributed by atoms with Crippen molar-refractivity contribution in [3.8, 4) is 11.5 Å². The molecule has 144 valence electrons. The number of ketones is 1. The monoisotopic (exact) mass is 404 g/mol. The van der Waals surface area contributed by atoms with Gasteiger partial charge in [-0.2, -0.15) is 0 Å². The van der Waals surface area contributed by atoms with Crippen molar-refractivity contribution < 1.29 is 14.3 Å². The molecule has 2 aliphatic heterocycles. The van der Waals surface area contributed by atoms with Crippen LogP contribution in [0.25, 0.3) is 6.08 Å². The van der Waals surface area contributed by atoms with Crippen molar-refractivity contribution in [1.82, 2.24) is 9.88 Å². The summed E-state index contributed by atoms with van der Waals surface area (Å²) in [5, 5.41) is 0.727. The average molecular weight is 405 g/mol. The smallest absolute Gasteiger partial charge is 0.231 e. The lowest BCUT2D eigenvalue weighted by atomic mass is 10.0. The minimum Gasteiger partial charge on any atom is -0.478 e. The van der Waals surface area contributed by atoms with Crippen LogP contribution in [0.2, 0.25) is 5.02 Å². The van der Waals surface area contributed by atoms with Crippen molar-refractivity contribution in [2.75, 3.05) is 6.73 Å². The summed E-state index contributed by atoms with van der Waals surface area (Å²) < 4.78 is 11.9. The van der Waals surface area contributed by atoms with Gasteiger partial charge in [0, 0.05) is 30.5 Å². The molecule has 0 N–H and O–H groups in total. The Morgan fingerprint density at radius 3 is 2.76 bits per heavy atom. The van der Waals surface area contributed by atoms with Crippen LogP contribution in [0.15, 0.2) is 66.7 Å². The summed E-state index contributed by atoms with van der Waals surface area (Å²) in [5.74, 6) is 1.51. The first-order chi connectivity index (χ1) is 14.2. The number of carbonyl (C=O) groups excluding carboxylic acids is 1. The molecule has 29 heavy (non-hydrogen) atoms. The van der Waals surface area contributed by atoms with Gasteiger partial charge in [0.05, 0.1) is 11.1 Å². The van der Waals surface area contributed by atoms with E-state index in [4.69, 9.17) is 21.1 Å². The molecule has 2 aliphatic rings. The van der Waals surface area contributed by atoms with E-state index < -0.39 is 0 Å². The van der Waals surface area contributed by atoms with Gasteiger partial charge in [-0.05, 0) is 47.5 Å². The van der Waals surface area contributed by atoms with Crippen molar-refractivity contribution in [3.63, 3.8) is 0 Å². The highest BCUT2D eigenvalue weighted by molar-refractivity contribution is 6.31. The molecule has 0 atom stereocenters. The Morgan fingerprint density at radius 1 is 1.10 bits per heavy atom. The van der Waals surface area contributed by atoms with Gasteiger partial charge in [-0.25, -0.2) is 0 Å². The molecule has 0 bridgehead atoms. The van der Waals surface area contributed by atoms with E-state index in [-0.39, 0.29) is 5.78 Å².